The fourth-order valence-electron chi connectivity index (χ4n) is 2.63. The van der Waals surface area contributed by atoms with Gasteiger partial charge in [-0.05, 0) is 32.4 Å². The Morgan fingerprint density at radius 3 is 2.43 bits per heavy atom. The summed E-state index contributed by atoms with van der Waals surface area (Å²) in [5.41, 5.74) is 3.92. The zero-order chi connectivity index (χ0) is 16.4. The van der Waals surface area contributed by atoms with Gasteiger partial charge in [0.25, 0.3) is 11.8 Å². The molecule has 5 nitrogen and oxygen atoms in total. The highest BCUT2D eigenvalue weighted by atomic mass is 32.1. The first-order chi connectivity index (χ1) is 11.1. The number of amides is 2. The van der Waals surface area contributed by atoms with Crippen molar-refractivity contribution in [1.29, 1.82) is 0 Å². The van der Waals surface area contributed by atoms with E-state index in [1.807, 2.05) is 12.4 Å². The number of hydrogen-bond donors (Lipinski definition) is 1. The minimum absolute atomic E-state index is 0.184. The van der Waals surface area contributed by atoms with E-state index in [0.29, 0.717) is 17.7 Å². The summed E-state index contributed by atoms with van der Waals surface area (Å²) in [7, 11) is 0. The van der Waals surface area contributed by atoms with Gasteiger partial charge in [-0.15, -0.1) is 11.3 Å². The molecule has 0 radical (unpaired) electrons. The van der Waals surface area contributed by atoms with Gasteiger partial charge in [0.15, 0.2) is 0 Å². The molecule has 1 aromatic carbocycles. The van der Waals surface area contributed by atoms with Crippen LogP contribution in [0, 0.1) is 6.92 Å². The number of carbonyl (C=O) groups is 2. The summed E-state index contributed by atoms with van der Waals surface area (Å²) in [5, 5.41) is 3.42. The molecule has 2 heterocycles. The van der Waals surface area contributed by atoms with Crippen LogP contribution in [0.5, 0.6) is 0 Å². The molecule has 0 spiro atoms. The fourth-order valence-corrected chi connectivity index (χ4v) is 3.36. The molecule has 0 fully saturated rings. The van der Waals surface area contributed by atoms with Crippen molar-refractivity contribution in [2.24, 2.45) is 0 Å². The molecule has 0 saturated heterocycles. The molecule has 120 valence electrons. The zero-order valence-electron chi connectivity index (χ0n) is 13.2. The number of carbonyl (C=O) groups excluding carboxylic acids is 2. The summed E-state index contributed by atoms with van der Waals surface area (Å²) in [5.74, 6) is -0.368. The van der Waals surface area contributed by atoms with Gasteiger partial charge in [0.1, 0.15) is 0 Å². The zero-order valence-corrected chi connectivity index (χ0v) is 14.0. The predicted octanol–water partition coefficient (Wildman–Crippen LogP) is 2.62. The van der Waals surface area contributed by atoms with E-state index in [1.165, 1.54) is 9.78 Å². The van der Waals surface area contributed by atoms with Gasteiger partial charge < -0.3 is 5.32 Å². The Bertz CT molecular complexity index is 706. The number of thiazole rings is 1. The number of aromatic nitrogens is 1. The van der Waals surface area contributed by atoms with Crippen LogP contribution < -0.4 is 5.32 Å². The van der Waals surface area contributed by atoms with Crippen LogP contribution in [0.4, 0.5) is 0 Å². The number of hydrogen-bond acceptors (Lipinski definition) is 5. The summed E-state index contributed by atoms with van der Waals surface area (Å²) in [4.78, 5) is 31.4. The SMILES string of the molecule is Cc1ncsc1CN[C@@H](C)CCN1C(=O)c2ccccc2C1=O. The molecule has 3 rings (SSSR count). The van der Waals surface area contributed by atoms with E-state index in [0.717, 1.165) is 18.7 Å². The first kappa shape index (κ1) is 15.8. The second-order valence-electron chi connectivity index (χ2n) is 5.74. The van der Waals surface area contributed by atoms with Crippen LogP contribution in [0.25, 0.3) is 0 Å². The maximum Gasteiger partial charge on any atom is 0.261 e. The maximum absolute atomic E-state index is 12.3. The summed E-state index contributed by atoms with van der Waals surface area (Å²) in [6.45, 7) is 5.26. The number of imide groups is 1. The molecule has 2 aromatic rings. The molecule has 1 aliphatic heterocycles. The number of benzene rings is 1. The van der Waals surface area contributed by atoms with Gasteiger partial charge in [-0.25, -0.2) is 4.98 Å². The van der Waals surface area contributed by atoms with E-state index in [2.05, 4.69) is 17.2 Å². The van der Waals surface area contributed by atoms with Crippen LogP contribution in [0.15, 0.2) is 29.8 Å². The van der Waals surface area contributed by atoms with Crippen LogP contribution >= 0.6 is 11.3 Å². The van der Waals surface area contributed by atoms with Crippen LogP contribution in [-0.4, -0.2) is 34.3 Å². The first-order valence-corrected chi connectivity index (χ1v) is 8.53. The Hall–Kier alpha value is -2.05. The number of rotatable bonds is 6. The van der Waals surface area contributed by atoms with E-state index in [-0.39, 0.29) is 17.9 Å². The van der Waals surface area contributed by atoms with Gasteiger partial charge in [0.2, 0.25) is 0 Å². The van der Waals surface area contributed by atoms with Gasteiger partial charge in [0.05, 0.1) is 22.3 Å². The lowest BCUT2D eigenvalue weighted by atomic mass is 10.1. The predicted molar refractivity (Wildman–Crippen MR) is 89.6 cm³/mol. The van der Waals surface area contributed by atoms with E-state index >= 15 is 0 Å². The van der Waals surface area contributed by atoms with Crippen molar-refractivity contribution in [2.45, 2.75) is 32.9 Å². The standard InChI is InChI=1S/C17H19N3O2S/c1-11(18-9-15-12(2)19-10-23-15)7-8-20-16(21)13-5-3-4-6-14(13)17(20)22/h3-6,10-11,18H,7-9H2,1-2H3/t11-/m0/s1. The van der Waals surface area contributed by atoms with Crippen LogP contribution in [0.1, 0.15) is 44.6 Å². The average molecular weight is 329 g/mol. The van der Waals surface area contributed by atoms with Crippen molar-refractivity contribution in [3.63, 3.8) is 0 Å². The molecule has 6 heteroatoms. The Kier molecular flexibility index (Phi) is 4.54. The quantitative estimate of drug-likeness (QED) is 0.828. The van der Waals surface area contributed by atoms with Crippen LogP contribution in [-0.2, 0) is 6.54 Å². The summed E-state index contributed by atoms with van der Waals surface area (Å²) in [6.07, 6.45) is 0.726. The van der Waals surface area contributed by atoms with Crippen molar-refractivity contribution in [3.05, 3.63) is 51.5 Å². The molecule has 0 bridgehead atoms. The Morgan fingerprint density at radius 1 is 1.22 bits per heavy atom. The van der Waals surface area contributed by atoms with Gasteiger partial charge in [-0.3, -0.25) is 14.5 Å². The molecule has 0 unspecified atom stereocenters. The minimum Gasteiger partial charge on any atom is -0.309 e. The van der Waals surface area contributed by atoms with Crippen molar-refractivity contribution in [1.82, 2.24) is 15.2 Å². The van der Waals surface area contributed by atoms with Crippen LogP contribution in [0.3, 0.4) is 0 Å². The minimum atomic E-state index is -0.184. The van der Waals surface area contributed by atoms with Crippen molar-refractivity contribution in [3.8, 4) is 0 Å². The third-order valence-corrected chi connectivity index (χ3v) is 5.05. The smallest absolute Gasteiger partial charge is 0.261 e. The van der Waals surface area contributed by atoms with E-state index < -0.39 is 0 Å². The average Bonchev–Trinajstić information content (AvgIpc) is 3.07. The normalized spacial score (nSPS) is 15.1. The van der Waals surface area contributed by atoms with E-state index in [1.54, 1.807) is 35.6 Å². The second-order valence-corrected chi connectivity index (χ2v) is 6.68. The highest BCUT2D eigenvalue weighted by Gasteiger charge is 2.34. The van der Waals surface area contributed by atoms with Gasteiger partial charge in [0, 0.05) is 24.0 Å². The monoisotopic (exact) mass is 329 g/mol. The van der Waals surface area contributed by atoms with E-state index in [9.17, 15) is 9.59 Å². The highest BCUT2D eigenvalue weighted by Crippen LogP contribution is 2.22. The van der Waals surface area contributed by atoms with Crippen molar-refractivity contribution >= 4 is 23.2 Å². The largest absolute Gasteiger partial charge is 0.309 e. The number of nitrogens with zero attached hydrogens (tertiary/aromatic N) is 2. The van der Waals surface area contributed by atoms with Gasteiger partial charge >= 0.3 is 0 Å². The van der Waals surface area contributed by atoms with Gasteiger partial charge in [-0.2, -0.15) is 0 Å². The topological polar surface area (TPSA) is 62.3 Å². The summed E-state index contributed by atoms with van der Waals surface area (Å²) < 4.78 is 0. The van der Waals surface area contributed by atoms with Crippen molar-refractivity contribution < 1.29 is 9.59 Å². The lowest BCUT2D eigenvalue weighted by molar-refractivity contribution is 0.0649. The van der Waals surface area contributed by atoms with Crippen LogP contribution in [0.2, 0.25) is 0 Å². The lowest BCUT2D eigenvalue weighted by Crippen LogP contribution is -2.35. The fraction of sp³-hybridized carbons (Fsp3) is 0.353. The molecule has 1 aliphatic rings. The molecule has 2 amide bonds. The summed E-state index contributed by atoms with van der Waals surface area (Å²) in [6, 6.07) is 7.21. The Labute approximate surface area is 139 Å². The Balaban J connectivity index is 1.54. The Morgan fingerprint density at radius 2 is 1.87 bits per heavy atom. The first-order valence-electron chi connectivity index (χ1n) is 7.65. The number of aryl methyl sites for hydroxylation is 1. The lowest BCUT2D eigenvalue weighted by Gasteiger charge is -2.18. The maximum atomic E-state index is 12.3. The third-order valence-electron chi connectivity index (χ3n) is 4.12. The molecule has 0 aliphatic carbocycles. The van der Waals surface area contributed by atoms with Gasteiger partial charge in [-0.1, -0.05) is 12.1 Å². The third kappa shape index (κ3) is 3.18. The van der Waals surface area contributed by atoms with E-state index in [4.69, 9.17) is 0 Å². The highest BCUT2D eigenvalue weighted by molar-refractivity contribution is 7.09. The molecule has 0 saturated carbocycles. The molecule has 1 N–H and O–H groups in total. The molecular weight excluding hydrogens is 310 g/mol. The number of nitrogens with one attached hydrogen (secondary N) is 1. The molecular formula is C17H19N3O2S. The molecule has 1 aromatic heterocycles. The number of fused-ring (bicyclic) bond motifs is 1. The molecule has 23 heavy (non-hydrogen) atoms. The second kappa shape index (κ2) is 6.60. The summed E-state index contributed by atoms with van der Waals surface area (Å²) >= 11 is 1.64. The molecule has 1 atom stereocenters. The van der Waals surface area contributed by atoms with Crippen molar-refractivity contribution in [2.75, 3.05) is 6.54 Å².